The molecule has 94 valence electrons. The molecule has 0 aromatic carbocycles. The molecule has 0 spiro atoms. The molecular weight excluding hydrogens is 216 g/mol. The molecule has 1 unspecified atom stereocenters. The molecule has 1 aliphatic heterocycles. The third-order valence-electron chi connectivity index (χ3n) is 3.11. The van der Waals surface area contributed by atoms with E-state index in [-0.39, 0.29) is 17.4 Å². The molecule has 1 N–H and O–H groups in total. The molecule has 2 heterocycles. The summed E-state index contributed by atoms with van der Waals surface area (Å²) in [4.78, 5) is 14.1. The molecule has 1 aromatic heterocycles. The summed E-state index contributed by atoms with van der Waals surface area (Å²) in [5, 5.41) is 3.27. The predicted molar refractivity (Wildman–Crippen MR) is 65.4 cm³/mol. The molecule has 4 nitrogen and oxygen atoms in total. The summed E-state index contributed by atoms with van der Waals surface area (Å²) in [6.07, 6.45) is 1.64. The predicted octanol–water partition coefficient (Wildman–Crippen LogP) is 1.63. The zero-order valence-electron chi connectivity index (χ0n) is 10.7. The maximum atomic E-state index is 12.2. The van der Waals surface area contributed by atoms with Crippen LogP contribution in [0.3, 0.4) is 0 Å². The van der Waals surface area contributed by atoms with E-state index in [1.807, 2.05) is 24.0 Å². The zero-order chi connectivity index (χ0) is 12.5. The Labute approximate surface area is 102 Å². The molecule has 1 amide bonds. The molecule has 0 bridgehead atoms. The Balaban J connectivity index is 2.14. The first-order valence-corrected chi connectivity index (χ1v) is 6.02. The van der Waals surface area contributed by atoms with Gasteiger partial charge in [-0.1, -0.05) is 13.8 Å². The van der Waals surface area contributed by atoms with Crippen LogP contribution >= 0.6 is 0 Å². The van der Waals surface area contributed by atoms with Crippen molar-refractivity contribution in [3.63, 3.8) is 0 Å². The Morgan fingerprint density at radius 2 is 2.35 bits per heavy atom. The summed E-state index contributed by atoms with van der Waals surface area (Å²) in [6, 6.07) is 3.64. The molecule has 17 heavy (non-hydrogen) atoms. The maximum Gasteiger partial charge on any atom is 0.239 e. The molecule has 0 radical (unpaired) electrons. The van der Waals surface area contributed by atoms with Gasteiger partial charge in [0.25, 0.3) is 0 Å². The van der Waals surface area contributed by atoms with E-state index >= 15 is 0 Å². The van der Waals surface area contributed by atoms with E-state index in [0.29, 0.717) is 6.54 Å². The van der Waals surface area contributed by atoms with Gasteiger partial charge in [-0.15, -0.1) is 0 Å². The number of hydrogen-bond acceptors (Lipinski definition) is 3. The van der Waals surface area contributed by atoms with Gasteiger partial charge in [-0.05, 0) is 24.5 Å². The van der Waals surface area contributed by atoms with E-state index in [1.54, 1.807) is 6.26 Å². The Bertz CT molecular complexity index is 384. The van der Waals surface area contributed by atoms with Gasteiger partial charge in [0.15, 0.2) is 0 Å². The smallest absolute Gasteiger partial charge is 0.239 e. The second kappa shape index (κ2) is 4.53. The Kier molecular flexibility index (Phi) is 3.24. The van der Waals surface area contributed by atoms with Crippen LogP contribution in [0.4, 0.5) is 0 Å². The highest BCUT2D eigenvalue weighted by molar-refractivity contribution is 5.81. The van der Waals surface area contributed by atoms with Gasteiger partial charge < -0.3 is 14.6 Å². The lowest BCUT2D eigenvalue weighted by Crippen LogP contribution is -2.41. The van der Waals surface area contributed by atoms with Crippen LogP contribution in [0.2, 0.25) is 0 Å². The number of rotatable bonds is 2. The first-order valence-electron chi connectivity index (χ1n) is 6.02. The average Bonchev–Trinajstić information content (AvgIpc) is 2.73. The highest BCUT2D eigenvalue weighted by atomic mass is 16.3. The molecule has 1 aromatic rings. The fourth-order valence-electron chi connectivity index (χ4n) is 2.17. The van der Waals surface area contributed by atoms with Gasteiger partial charge in [0, 0.05) is 13.1 Å². The molecule has 1 atom stereocenters. The van der Waals surface area contributed by atoms with E-state index in [9.17, 15) is 4.79 Å². The van der Waals surface area contributed by atoms with Crippen molar-refractivity contribution in [1.82, 2.24) is 10.2 Å². The second-order valence-corrected chi connectivity index (χ2v) is 5.54. The number of carbonyl (C=O) groups is 1. The van der Waals surface area contributed by atoms with Crippen molar-refractivity contribution in [3.05, 3.63) is 24.2 Å². The van der Waals surface area contributed by atoms with Crippen molar-refractivity contribution in [2.75, 3.05) is 13.1 Å². The molecule has 1 aliphatic rings. The highest BCUT2D eigenvalue weighted by Gasteiger charge is 2.32. The topological polar surface area (TPSA) is 45.5 Å². The molecular formula is C13H20N2O2. The summed E-state index contributed by atoms with van der Waals surface area (Å²) in [6.45, 7) is 8.42. The first kappa shape index (κ1) is 12.2. The minimum atomic E-state index is -0.119. The standard InChI is InChI=1S/C13H20N2O2/c1-10-12(16)15(7-11-5-4-6-17-11)9-13(2,3)8-14-10/h4-6,10,14H,7-9H2,1-3H3. The van der Waals surface area contributed by atoms with Gasteiger partial charge in [0.1, 0.15) is 5.76 Å². The molecule has 4 heteroatoms. The quantitative estimate of drug-likeness (QED) is 0.849. The molecule has 1 fully saturated rings. The van der Waals surface area contributed by atoms with Crippen molar-refractivity contribution >= 4 is 5.91 Å². The molecule has 0 saturated carbocycles. The second-order valence-electron chi connectivity index (χ2n) is 5.54. The molecule has 2 rings (SSSR count). The van der Waals surface area contributed by atoms with Crippen molar-refractivity contribution in [3.8, 4) is 0 Å². The van der Waals surface area contributed by atoms with Crippen LogP contribution < -0.4 is 5.32 Å². The van der Waals surface area contributed by atoms with Crippen molar-refractivity contribution in [1.29, 1.82) is 0 Å². The third-order valence-corrected chi connectivity index (χ3v) is 3.11. The van der Waals surface area contributed by atoms with Crippen LogP contribution in [0.5, 0.6) is 0 Å². The monoisotopic (exact) mass is 236 g/mol. The van der Waals surface area contributed by atoms with Crippen LogP contribution in [-0.2, 0) is 11.3 Å². The first-order chi connectivity index (χ1) is 7.98. The minimum absolute atomic E-state index is 0.0903. The summed E-state index contributed by atoms with van der Waals surface area (Å²) >= 11 is 0. The van der Waals surface area contributed by atoms with Gasteiger partial charge in [-0.3, -0.25) is 4.79 Å². The van der Waals surface area contributed by atoms with E-state index in [2.05, 4.69) is 19.2 Å². The van der Waals surface area contributed by atoms with Crippen LogP contribution in [0.1, 0.15) is 26.5 Å². The van der Waals surface area contributed by atoms with Crippen molar-refractivity contribution in [2.24, 2.45) is 5.41 Å². The van der Waals surface area contributed by atoms with E-state index in [1.165, 1.54) is 0 Å². The number of hydrogen-bond donors (Lipinski definition) is 1. The minimum Gasteiger partial charge on any atom is -0.467 e. The summed E-state index contributed by atoms with van der Waals surface area (Å²) in [7, 11) is 0. The fourth-order valence-corrected chi connectivity index (χ4v) is 2.17. The van der Waals surface area contributed by atoms with E-state index in [0.717, 1.165) is 18.8 Å². The fraction of sp³-hybridized carbons (Fsp3) is 0.615. The Morgan fingerprint density at radius 1 is 1.59 bits per heavy atom. The number of nitrogens with one attached hydrogen (secondary N) is 1. The van der Waals surface area contributed by atoms with Gasteiger partial charge in [0.2, 0.25) is 5.91 Å². The number of nitrogens with zero attached hydrogens (tertiary/aromatic N) is 1. The van der Waals surface area contributed by atoms with Gasteiger partial charge in [-0.25, -0.2) is 0 Å². The van der Waals surface area contributed by atoms with Crippen LogP contribution in [0.15, 0.2) is 22.8 Å². The van der Waals surface area contributed by atoms with Crippen LogP contribution in [0.25, 0.3) is 0 Å². The average molecular weight is 236 g/mol. The maximum absolute atomic E-state index is 12.2. The Morgan fingerprint density at radius 3 is 3.00 bits per heavy atom. The summed E-state index contributed by atoms with van der Waals surface area (Å²) < 4.78 is 5.31. The SMILES string of the molecule is CC1NCC(C)(C)CN(Cc2ccco2)C1=O. The van der Waals surface area contributed by atoms with Gasteiger partial charge >= 0.3 is 0 Å². The largest absolute Gasteiger partial charge is 0.467 e. The van der Waals surface area contributed by atoms with E-state index < -0.39 is 0 Å². The lowest BCUT2D eigenvalue weighted by Gasteiger charge is -2.28. The van der Waals surface area contributed by atoms with Crippen molar-refractivity contribution in [2.45, 2.75) is 33.4 Å². The summed E-state index contributed by atoms with van der Waals surface area (Å²) in [5.41, 5.74) is 0.0903. The van der Waals surface area contributed by atoms with Gasteiger partial charge in [0.05, 0.1) is 18.8 Å². The van der Waals surface area contributed by atoms with E-state index in [4.69, 9.17) is 4.42 Å². The number of amides is 1. The highest BCUT2D eigenvalue weighted by Crippen LogP contribution is 2.21. The molecule has 0 aliphatic carbocycles. The molecule has 1 saturated heterocycles. The lowest BCUT2D eigenvalue weighted by molar-refractivity contribution is -0.133. The zero-order valence-corrected chi connectivity index (χ0v) is 10.7. The Hall–Kier alpha value is -1.29. The van der Waals surface area contributed by atoms with Crippen LogP contribution in [-0.4, -0.2) is 29.9 Å². The third kappa shape index (κ3) is 2.88. The normalized spacial score (nSPS) is 24.8. The number of carbonyl (C=O) groups excluding carboxylic acids is 1. The van der Waals surface area contributed by atoms with Crippen molar-refractivity contribution < 1.29 is 9.21 Å². The number of furan rings is 1. The van der Waals surface area contributed by atoms with Gasteiger partial charge in [-0.2, -0.15) is 0 Å². The lowest BCUT2D eigenvalue weighted by atomic mass is 9.93. The van der Waals surface area contributed by atoms with Crippen LogP contribution in [0, 0.1) is 5.41 Å². The summed E-state index contributed by atoms with van der Waals surface area (Å²) in [5.74, 6) is 0.982.